The summed E-state index contributed by atoms with van der Waals surface area (Å²) in [6.07, 6.45) is -2.45. The van der Waals surface area contributed by atoms with Crippen LogP contribution >= 0.6 is 0 Å². The zero-order chi connectivity index (χ0) is 11.7. The zero-order valence-corrected chi connectivity index (χ0v) is 9.53. The van der Waals surface area contributed by atoms with Crippen LogP contribution in [-0.4, -0.2) is 52.7 Å². The molecule has 92 valence electrons. The Labute approximate surface area is 88.9 Å². The smallest absolute Gasteiger partial charge is 0.261 e. The molecule has 0 rings (SSSR count). The van der Waals surface area contributed by atoms with Crippen molar-refractivity contribution >= 4 is 9.84 Å². The maximum absolute atomic E-state index is 11.6. The van der Waals surface area contributed by atoms with E-state index in [1.165, 1.54) is 0 Å². The van der Waals surface area contributed by atoms with Gasteiger partial charge in [0.1, 0.15) is 6.61 Å². The molecule has 0 aromatic carbocycles. The van der Waals surface area contributed by atoms with Gasteiger partial charge in [-0.15, -0.1) is 0 Å². The molecule has 0 aromatic rings. The van der Waals surface area contributed by atoms with E-state index in [9.17, 15) is 17.2 Å². The minimum atomic E-state index is -2.95. The molecule has 0 saturated carbocycles. The zero-order valence-electron chi connectivity index (χ0n) is 8.71. The van der Waals surface area contributed by atoms with E-state index in [2.05, 4.69) is 10.1 Å². The van der Waals surface area contributed by atoms with Crippen molar-refractivity contribution in [3.05, 3.63) is 0 Å². The van der Waals surface area contributed by atoms with Crippen LogP contribution in [0, 0.1) is 0 Å². The quantitative estimate of drug-likeness (QED) is 0.593. The number of rotatable bonds is 9. The van der Waals surface area contributed by atoms with Gasteiger partial charge in [-0.2, -0.15) is 0 Å². The highest BCUT2D eigenvalue weighted by molar-refractivity contribution is 7.91. The lowest BCUT2D eigenvalue weighted by atomic mass is 10.6. The van der Waals surface area contributed by atoms with Crippen molar-refractivity contribution in [2.24, 2.45) is 0 Å². The first-order chi connectivity index (χ1) is 6.98. The Morgan fingerprint density at radius 1 is 1.33 bits per heavy atom. The molecule has 1 N–H and O–H groups in total. The minimum absolute atomic E-state index is 0.0678. The number of alkyl halides is 2. The molecular formula is C8H17F2NO3S. The Kier molecular flexibility index (Phi) is 7.81. The van der Waals surface area contributed by atoms with Gasteiger partial charge in [0.25, 0.3) is 6.43 Å². The van der Waals surface area contributed by atoms with Gasteiger partial charge in [-0.05, 0) is 0 Å². The Balaban J connectivity index is 3.26. The maximum Gasteiger partial charge on any atom is 0.261 e. The molecule has 7 heteroatoms. The predicted molar refractivity (Wildman–Crippen MR) is 54.0 cm³/mol. The lowest BCUT2D eigenvalue weighted by molar-refractivity contribution is 0.0189. The van der Waals surface area contributed by atoms with Gasteiger partial charge in [-0.1, -0.05) is 6.92 Å². The molecule has 0 atom stereocenters. The van der Waals surface area contributed by atoms with Crippen molar-refractivity contribution in [3.8, 4) is 0 Å². The Morgan fingerprint density at radius 2 is 2.00 bits per heavy atom. The number of hydrogen-bond acceptors (Lipinski definition) is 4. The molecule has 0 spiro atoms. The fourth-order valence-corrected chi connectivity index (χ4v) is 1.56. The third-order valence-electron chi connectivity index (χ3n) is 1.70. The molecule has 15 heavy (non-hydrogen) atoms. The van der Waals surface area contributed by atoms with Crippen LogP contribution in [0.25, 0.3) is 0 Å². The lowest BCUT2D eigenvalue weighted by Crippen LogP contribution is -2.27. The van der Waals surface area contributed by atoms with E-state index in [1.807, 2.05) is 0 Å². The predicted octanol–water partition coefficient (Wildman–Crippen LogP) is 0.292. The van der Waals surface area contributed by atoms with Crippen LogP contribution in [0.3, 0.4) is 0 Å². The van der Waals surface area contributed by atoms with Gasteiger partial charge in [0, 0.05) is 18.8 Å². The van der Waals surface area contributed by atoms with E-state index in [0.717, 1.165) is 0 Å². The van der Waals surface area contributed by atoms with Gasteiger partial charge in [0.05, 0.1) is 12.4 Å². The molecule has 0 aliphatic heterocycles. The summed E-state index contributed by atoms with van der Waals surface area (Å²) >= 11 is 0. The van der Waals surface area contributed by atoms with Crippen LogP contribution in [0.1, 0.15) is 6.92 Å². The molecule has 0 fully saturated rings. The van der Waals surface area contributed by atoms with Crippen molar-refractivity contribution in [1.82, 2.24) is 5.32 Å². The number of halogens is 2. The van der Waals surface area contributed by atoms with Crippen LogP contribution in [-0.2, 0) is 14.6 Å². The van der Waals surface area contributed by atoms with E-state index in [0.29, 0.717) is 13.1 Å². The van der Waals surface area contributed by atoms with Crippen molar-refractivity contribution < 1.29 is 21.9 Å². The summed E-state index contributed by atoms with van der Waals surface area (Å²) in [5.74, 6) is 0.189. The summed E-state index contributed by atoms with van der Waals surface area (Å²) in [6, 6.07) is 0. The third kappa shape index (κ3) is 10.0. The average molecular weight is 245 g/mol. The summed E-state index contributed by atoms with van der Waals surface area (Å²) in [6.45, 7) is 1.88. The van der Waals surface area contributed by atoms with Crippen molar-refractivity contribution in [2.75, 3.05) is 37.8 Å². The molecule has 0 aliphatic carbocycles. The van der Waals surface area contributed by atoms with Crippen molar-refractivity contribution in [3.63, 3.8) is 0 Å². The molecule has 0 radical (unpaired) electrons. The van der Waals surface area contributed by atoms with E-state index in [1.54, 1.807) is 6.92 Å². The number of sulfone groups is 1. The van der Waals surface area contributed by atoms with Gasteiger partial charge in [-0.25, -0.2) is 17.2 Å². The van der Waals surface area contributed by atoms with Gasteiger partial charge >= 0.3 is 0 Å². The van der Waals surface area contributed by atoms with Gasteiger partial charge in [0.2, 0.25) is 0 Å². The molecule has 0 saturated heterocycles. The van der Waals surface area contributed by atoms with Crippen LogP contribution < -0.4 is 5.32 Å². The molecule has 0 aromatic heterocycles. The fraction of sp³-hybridized carbons (Fsp3) is 1.00. The van der Waals surface area contributed by atoms with Crippen LogP contribution in [0.2, 0.25) is 0 Å². The first-order valence-corrected chi connectivity index (χ1v) is 6.57. The summed E-state index contributed by atoms with van der Waals surface area (Å²) in [5.41, 5.74) is 0. The first-order valence-electron chi connectivity index (χ1n) is 4.75. The topological polar surface area (TPSA) is 55.4 Å². The van der Waals surface area contributed by atoms with Gasteiger partial charge in [-0.3, -0.25) is 0 Å². The van der Waals surface area contributed by atoms with E-state index in [-0.39, 0.29) is 18.1 Å². The average Bonchev–Trinajstić information content (AvgIpc) is 2.16. The molecule has 0 heterocycles. The molecule has 0 amide bonds. The van der Waals surface area contributed by atoms with E-state index < -0.39 is 22.9 Å². The standard InChI is InChI=1S/C8H17F2NO3S/c1-2-15(12,13)6-4-11-3-5-14-7-8(9)10/h8,11H,2-7H2,1H3. The third-order valence-corrected chi connectivity index (χ3v) is 3.40. The summed E-state index contributed by atoms with van der Waals surface area (Å²) < 4.78 is 49.8. The van der Waals surface area contributed by atoms with E-state index >= 15 is 0 Å². The highest BCUT2D eigenvalue weighted by Gasteiger charge is 2.05. The van der Waals surface area contributed by atoms with Crippen LogP contribution in [0.15, 0.2) is 0 Å². The first kappa shape index (κ1) is 14.7. The van der Waals surface area contributed by atoms with Crippen molar-refractivity contribution in [1.29, 1.82) is 0 Å². The van der Waals surface area contributed by atoms with Crippen LogP contribution in [0.5, 0.6) is 0 Å². The monoisotopic (exact) mass is 245 g/mol. The SMILES string of the molecule is CCS(=O)(=O)CCNCCOCC(F)F. The van der Waals surface area contributed by atoms with Crippen LogP contribution in [0.4, 0.5) is 8.78 Å². The lowest BCUT2D eigenvalue weighted by Gasteiger charge is -2.05. The van der Waals surface area contributed by atoms with E-state index in [4.69, 9.17) is 0 Å². The summed E-state index contributed by atoms with van der Waals surface area (Å²) in [7, 11) is -2.95. The molecular weight excluding hydrogens is 228 g/mol. The van der Waals surface area contributed by atoms with Crippen molar-refractivity contribution in [2.45, 2.75) is 13.3 Å². The fourth-order valence-electron chi connectivity index (χ4n) is 0.814. The normalized spacial score (nSPS) is 12.3. The summed E-state index contributed by atoms with van der Waals surface area (Å²) in [5, 5.41) is 2.80. The number of ether oxygens (including phenoxy) is 1. The Bertz CT molecular complexity index is 244. The second-order valence-electron chi connectivity index (χ2n) is 2.95. The Morgan fingerprint density at radius 3 is 2.53 bits per heavy atom. The molecule has 0 unspecified atom stereocenters. The van der Waals surface area contributed by atoms with Gasteiger partial charge < -0.3 is 10.1 Å². The summed E-state index contributed by atoms with van der Waals surface area (Å²) in [4.78, 5) is 0. The highest BCUT2D eigenvalue weighted by atomic mass is 32.2. The number of nitrogens with one attached hydrogen (secondary N) is 1. The largest absolute Gasteiger partial charge is 0.374 e. The Hall–Kier alpha value is -0.270. The maximum atomic E-state index is 11.6. The number of hydrogen-bond donors (Lipinski definition) is 1. The van der Waals surface area contributed by atoms with Gasteiger partial charge in [0.15, 0.2) is 9.84 Å². The molecule has 0 aliphatic rings. The highest BCUT2D eigenvalue weighted by Crippen LogP contribution is 1.91. The second-order valence-corrected chi connectivity index (χ2v) is 5.43. The molecule has 4 nitrogen and oxygen atoms in total. The second kappa shape index (κ2) is 7.95. The molecule has 0 bridgehead atoms. The minimum Gasteiger partial charge on any atom is -0.374 e.